The van der Waals surface area contributed by atoms with Crippen LogP contribution >= 0.6 is 11.8 Å². The van der Waals surface area contributed by atoms with E-state index in [4.69, 9.17) is 16.2 Å². The van der Waals surface area contributed by atoms with Gasteiger partial charge >= 0.3 is 12.0 Å². The maximum atomic E-state index is 11.8. The van der Waals surface area contributed by atoms with Crippen LogP contribution in [-0.2, 0) is 9.53 Å². The van der Waals surface area contributed by atoms with Gasteiger partial charge in [0.25, 0.3) is 0 Å². The standard InChI is InChI=1S/C16H30N4O3S/c17-9-5-1-2-7-13(18)23-14(21)8-4-3-6-12-15-11(10-24-12)19-16(22)20-15/h11-13,15H,1-10,17-18H2,(H2,19,20,22)/t11-,12-,13?,15-/m0/s1. The van der Waals surface area contributed by atoms with Crippen LogP contribution < -0.4 is 22.1 Å². The highest BCUT2D eigenvalue weighted by atomic mass is 32.2. The molecule has 2 aliphatic rings. The number of hydrogen-bond donors (Lipinski definition) is 4. The van der Waals surface area contributed by atoms with Gasteiger partial charge in [-0.25, -0.2) is 4.79 Å². The monoisotopic (exact) mass is 358 g/mol. The van der Waals surface area contributed by atoms with E-state index in [0.717, 1.165) is 44.3 Å². The third kappa shape index (κ3) is 6.14. The van der Waals surface area contributed by atoms with Crippen molar-refractivity contribution in [2.24, 2.45) is 11.5 Å². The van der Waals surface area contributed by atoms with Gasteiger partial charge in [-0.05, 0) is 38.6 Å². The summed E-state index contributed by atoms with van der Waals surface area (Å²) in [6.07, 6.45) is 6.31. The zero-order valence-corrected chi connectivity index (χ0v) is 15.0. The summed E-state index contributed by atoms with van der Waals surface area (Å²) in [5.74, 6) is 0.754. The molecule has 2 heterocycles. The molecule has 4 atom stereocenters. The van der Waals surface area contributed by atoms with Gasteiger partial charge in [0.05, 0.1) is 12.1 Å². The Bertz CT molecular complexity index is 424. The smallest absolute Gasteiger partial charge is 0.315 e. The molecular formula is C16H30N4O3S. The van der Waals surface area contributed by atoms with E-state index < -0.39 is 6.23 Å². The maximum absolute atomic E-state index is 11.8. The Kier molecular flexibility index (Phi) is 8.14. The summed E-state index contributed by atoms with van der Waals surface area (Å²) in [7, 11) is 0. The number of hydrogen-bond acceptors (Lipinski definition) is 6. The van der Waals surface area contributed by atoms with Crippen LogP contribution in [0.2, 0.25) is 0 Å². The van der Waals surface area contributed by atoms with Crippen LogP contribution in [-0.4, -0.2) is 47.9 Å². The van der Waals surface area contributed by atoms with Gasteiger partial charge in [-0.2, -0.15) is 11.8 Å². The summed E-state index contributed by atoms with van der Waals surface area (Å²) in [6.45, 7) is 0.690. The molecule has 2 rings (SSSR count). The van der Waals surface area contributed by atoms with Crippen molar-refractivity contribution < 1.29 is 14.3 Å². The molecule has 0 spiro atoms. The Morgan fingerprint density at radius 1 is 1.25 bits per heavy atom. The molecule has 7 nitrogen and oxygen atoms in total. The number of carbonyl (C=O) groups is 2. The molecule has 0 aromatic rings. The largest absolute Gasteiger partial charge is 0.447 e. The normalized spacial score (nSPS) is 26.6. The van der Waals surface area contributed by atoms with Gasteiger partial charge in [-0.1, -0.05) is 12.8 Å². The lowest BCUT2D eigenvalue weighted by molar-refractivity contribution is -0.149. The second-order valence-electron chi connectivity index (χ2n) is 6.53. The zero-order valence-electron chi connectivity index (χ0n) is 14.2. The fraction of sp³-hybridized carbons (Fsp3) is 0.875. The van der Waals surface area contributed by atoms with Crippen molar-refractivity contribution in [3.8, 4) is 0 Å². The molecule has 8 heteroatoms. The molecule has 24 heavy (non-hydrogen) atoms. The predicted octanol–water partition coefficient (Wildman–Crippen LogP) is 1.06. The molecule has 0 radical (unpaired) electrons. The second-order valence-corrected chi connectivity index (χ2v) is 7.81. The molecule has 2 saturated heterocycles. The van der Waals surface area contributed by atoms with Crippen LogP contribution in [0.25, 0.3) is 0 Å². The molecule has 0 aromatic heterocycles. The Morgan fingerprint density at radius 2 is 2.08 bits per heavy atom. The molecule has 0 saturated carbocycles. The third-order valence-electron chi connectivity index (χ3n) is 4.53. The van der Waals surface area contributed by atoms with Crippen molar-refractivity contribution in [1.29, 1.82) is 0 Å². The quantitative estimate of drug-likeness (QED) is 0.190. The zero-order chi connectivity index (χ0) is 17.4. The van der Waals surface area contributed by atoms with Crippen LogP contribution in [0.15, 0.2) is 0 Å². The predicted molar refractivity (Wildman–Crippen MR) is 95.5 cm³/mol. The van der Waals surface area contributed by atoms with Gasteiger partial charge in [0.2, 0.25) is 0 Å². The highest BCUT2D eigenvalue weighted by molar-refractivity contribution is 8.00. The van der Waals surface area contributed by atoms with E-state index in [1.54, 1.807) is 0 Å². The van der Waals surface area contributed by atoms with Crippen LogP contribution in [0.5, 0.6) is 0 Å². The number of urea groups is 1. The molecule has 2 amide bonds. The minimum absolute atomic E-state index is 0.0562. The second kappa shape index (κ2) is 10.1. The van der Waals surface area contributed by atoms with Crippen molar-refractivity contribution in [3.05, 3.63) is 0 Å². The maximum Gasteiger partial charge on any atom is 0.315 e. The van der Waals surface area contributed by atoms with Gasteiger partial charge in [0, 0.05) is 17.4 Å². The number of esters is 1. The molecule has 6 N–H and O–H groups in total. The number of unbranched alkanes of at least 4 members (excludes halogenated alkanes) is 3. The first-order valence-electron chi connectivity index (χ1n) is 8.94. The Balaban J connectivity index is 1.51. The van der Waals surface area contributed by atoms with Gasteiger partial charge in [-0.3, -0.25) is 10.5 Å². The Hall–Kier alpha value is -0.990. The van der Waals surface area contributed by atoms with Gasteiger partial charge in [-0.15, -0.1) is 0 Å². The first-order valence-corrected chi connectivity index (χ1v) is 9.99. The summed E-state index contributed by atoms with van der Waals surface area (Å²) in [6, 6.07) is 0.436. The lowest BCUT2D eigenvalue weighted by Crippen LogP contribution is -2.36. The molecular weight excluding hydrogens is 328 g/mol. The first kappa shape index (κ1) is 19.3. The minimum atomic E-state index is -0.499. The van der Waals surface area contributed by atoms with Crippen molar-refractivity contribution in [3.63, 3.8) is 0 Å². The molecule has 2 fully saturated rings. The Labute approximate surface area is 148 Å². The molecule has 1 unspecified atom stereocenters. The Morgan fingerprint density at radius 3 is 2.88 bits per heavy atom. The average Bonchev–Trinajstić information content (AvgIpc) is 3.08. The summed E-state index contributed by atoms with van der Waals surface area (Å²) in [5, 5.41) is 6.36. The van der Waals surface area contributed by atoms with Crippen LogP contribution in [0.1, 0.15) is 51.4 Å². The van der Waals surface area contributed by atoms with E-state index in [-0.39, 0.29) is 24.1 Å². The van der Waals surface area contributed by atoms with Crippen molar-refractivity contribution in [2.75, 3.05) is 12.3 Å². The van der Waals surface area contributed by atoms with E-state index in [9.17, 15) is 9.59 Å². The summed E-state index contributed by atoms with van der Waals surface area (Å²) in [4.78, 5) is 23.1. The summed E-state index contributed by atoms with van der Waals surface area (Å²) < 4.78 is 5.22. The van der Waals surface area contributed by atoms with E-state index in [0.29, 0.717) is 24.6 Å². The van der Waals surface area contributed by atoms with Crippen LogP contribution in [0, 0.1) is 0 Å². The number of thioether (sulfide) groups is 1. The number of ether oxygens (including phenoxy) is 1. The van der Waals surface area contributed by atoms with Gasteiger partial charge in [0.15, 0.2) is 6.23 Å². The molecule has 138 valence electrons. The number of fused-ring (bicyclic) bond motifs is 1. The number of nitrogens with one attached hydrogen (secondary N) is 2. The SMILES string of the molecule is NCCCCCC(N)OC(=O)CCCC[C@@H]1SC[C@@H]2NC(=O)N[C@@H]21. The average molecular weight is 359 g/mol. The van der Waals surface area contributed by atoms with Crippen molar-refractivity contribution in [2.45, 2.75) is 74.9 Å². The first-order chi connectivity index (χ1) is 11.6. The van der Waals surface area contributed by atoms with E-state index in [1.807, 2.05) is 11.8 Å². The number of amides is 2. The molecule has 0 bridgehead atoms. The lowest BCUT2D eigenvalue weighted by atomic mass is 10.0. The number of carbonyl (C=O) groups excluding carboxylic acids is 2. The number of nitrogens with two attached hydrogens (primary N) is 2. The summed E-state index contributed by atoms with van der Waals surface area (Å²) >= 11 is 1.90. The third-order valence-corrected chi connectivity index (χ3v) is 6.04. The highest BCUT2D eigenvalue weighted by Crippen LogP contribution is 2.33. The fourth-order valence-electron chi connectivity index (χ4n) is 3.21. The molecule has 0 aliphatic carbocycles. The highest BCUT2D eigenvalue weighted by Gasteiger charge is 2.42. The van der Waals surface area contributed by atoms with E-state index >= 15 is 0 Å². The van der Waals surface area contributed by atoms with E-state index in [2.05, 4.69) is 10.6 Å². The summed E-state index contributed by atoms with van der Waals surface area (Å²) in [5.41, 5.74) is 11.2. The minimum Gasteiger partial charge on any atom is -0.447 e. The van der Waals surface area contributed by atoms with Gasteiger partial charge in [0.1, 0.15) is 0 Å². The fourth-order valence-corrected chi connectivity index (χ4v) is 4.75. The molecule has 2 aliphatic heterocycles. The topological polar surface area (TPSA) is 119 Å². The van der Waals surface area contributed by atoms with Gasteiger partial charge < -0.3 is 21.1 Å². The van der Waals surface area contributed by atoms with Crippen LogP contribution in [0.4, 0.5) is 4.79 Å². The number of rotatable bonds is 11. The lowest BCUT2D eigenvalue weighted by Gasteiger charge is -2.16. The molecule has 0 aromatic carbocycles. The van der Waals surface area contributed by atoms with Crippen molar-refractivity contribution in [1.82, 2.24) is 10.6 Å². The van der Waals surface area contributed by atoms with Crippen LogP contribution in [0.3, 0.4) is 0 Å². The van der Waals surface area contributed by atoms with Crippen molar-refractivity contribution >= 4 is 23.8 Å². The van der Waals surface area contributed by atoms with E-state index in [1.165, 1.54) is 0 Å².